The molecule has 0 saturated carbocycles. The second-order valence-electron chi connectivity index (χ2n) is 5.60. The van der Waals surface area contributed by atoms with E-state index < -0.39 is 23.0 Å². The van der Waals surface area contributed by atoms with Crippen LogP contribution in [0.1, 0.15) is 23.6 Å². The third-order valence-electron chi connectivity index (χ3n) is 3.96. The van der Waals surface area contributed by atoms with Crippen LogP contribution in [0.15, 0.2) is 59.7 Å². The Balaban J connectivity index is 2.06. The molecule has 0 aliphatic carbocycles. The molecule has 0 radical (unpaired) electrons. The molecule has 2 aromatic carbocycles. The van der Waals surface area contributed by atoms with Crippen LogP contribution >= 0.6 is 0 Å². The number of carbonyl (C=O) groups excluding carboxylic acids is 1. The number of para-hydroxylation sites is 1. The van der Waals surface area contributed by atoms with Crippen molar-refractivity contribution in [3.05, 3.63) is 75.8 Å². The summed E-state index contributed by atoms with van der Waals surface area (Å²) in [6.45, 7) is 0. The monoisotopic (exact) mass is 363 g/mol. The van der Waals surface area contributed by atoms with E-state index in [0.717, 1.165) is 0 Å². The number of halogens is 3. The van der Waals surface area contributed by atoms with E-state index in [1.54, 1.807) is 30.3 Å². The van der Waals surface area contributed by atoms with Gasteiger partial charge in [0, 0.05) is 12.5 Å². The molecule has 26 heavy (non-hydrogen) atoms. The molecule has 0 bridgehead atoms. The molecule has 1 amide bonds. The Kier molecular flexibility index (Phi) is 4.45. The first-order chi connectivity index (χ1) is 12.3. The molecule has 134 valence electrons. The second kappa shape index (κ2) is 6.58. The topological polar surface area (TPSA) is 75.8 Å². The van der Waals surface area contributed by atoms with Gasteiger partial charge in [0.25, 0.3) is 5.69 Å². The van der Waals surface area contributed by atoms with Crippen LogP contribution in [0.4, 0.5) is 18.9 Å². The minimum atomic E-state index is -5.10. The molecule has 0 N–H and O–H groups in total. The van der Waals surface area contributed by atoms with Gasteiger partial charge in [0.2, 0.25) is 0 Å². The maximum absolute atomic E-state index is 13.0. The minimum absolute atomic E-state index is 0.0588. The molecular formula is C17H12F3N3O3. The first-order valence-electron chi connectivity index (χ1n) is 7.55. The average molecular weight is 363 g/mol. The number of carbonyl (C=O) groups is 1. The molecule has 0 aromatic heterocycles. The number of hydrogen-bond donors (Lipinski definition) is 0. The standard InChI is InChI=1S/C17H12F3N3O3/c18-17(19,20)16(24)22-15(11-6-2-1-3-7-11)10-13(21-22)12-8-4-5-9-14(12)23(25)26/h1-9,15H,10H2. The van der Waals surface area contributed by atoms with Crippen molar-refractivity contribution in [2.24, 2.45) is 5.10 Å². The summed E-state index contributed by atoms with van der Waals surface area (Å²) in [5.41, 5.74) is 0.335. The van der Waals surface area contributed by atoms with E-state index in [0.29, 0.717) is 10.6 Å². The number of hydrogen-bond acceptors (Lipinski definition) is 4. The van der Waals surface area contributed by atoms with Gasteiger partial charge in [-0.05, 0) is 11.6 Å². The van der Waals surface area contributed by atoms with Crippen molar-refractivity contribution in [2.45, 2.75) is 18.6 Å². The minimum Gasteiger partial charge on any atom is -0.262 e. The van der Waals surface area contributed by atoms with E-state index in [1.807, 2.05) is 0 Å². The number of nitro groups is 1. The fourth-order valence-corrected chi connectivity index (χ4v) is 2.80. The molecule has 3 rings (SSSR count). The van der Waals surface area contributed by atoms with Crippen molar-refractivity contribution in [3.63, 3.8) is 0 Å². The normalized spacial score (nSPS) is 17.1. The first-order valence-corrected chi connectivity index (χ1v) is 7.55. The number of amides is 1. The third kappa shape index (κ3) is 3.28. The van der Waals surface area contributed by atoms with Gasteiger partial charge in [-0.15, -0.1) is 0 Å². The maximum Gasteiger partial charge on any atom is 0.473 e. The highest BCUT2D eigenvalue weighted by molar-refractivity contribution is 6.06. The van der Waals surface area contributed by atoms with Gasteiger partial charge in [-0.2, -0.15) is 18.3 Å². The Morgan fingerprint density at radius 2 is 1.73 bits per heavy atom. The smallest absolute Gasteiger partial charge is 0.262 e. The van der Waals surface area contributed by atoms with E-state index in [-0.39, 0.29) is 23.4 Å². The Morgan fingerprint density at radius 3 is 2.35 bits per heavy atom. The van der Waals surface area contributed by atoms with Crippen molar-refractivity contribution in [1.82, 2.24) is 5.01 Å². The lowest BCUT2D eigenvalue weighted by molar-refractivity contribution is -0.385. The van der Waals surface area contributed by atoms with Crippen LogP contribution in [-0.2, 0) is 4.79 Å². The first kappa shape index (κ1) is 17.6. The van der Waals surface area contributed by atoms with Crippen molar-refractivity contribution < 1.29 is 22.9 Å². The van der Waals surface area contributed by atoms with Crippen LogP contribution in [0.2, 0.25) is 0 Å². The highest BCUT2D eigenvalue weighted by atomic mass is 19.4. The van der Waals surface area contributed by atoms with Crippen LogP contribution in [0.5, 0.6) is 0 Å². The largest absolute Gasteiger partial charge is 0.473 e. The molecule has 2 aromatic rings. The highest BCUT2D eigenvalue weighted by Gasteiger charge is 2.48. The van der Waals surface area contributed by atoms with Gasteiger partial charge < -0.3 is 0 Å². The number of alkyl halides is 3. The number of nitrogens with zero attached hydrogens (tertiary/aromatic N) is 3. The molecule has 0 fully saturated rings. The Labute approximate surface area is 145 Å². The third-order valence-corrected chi connectivity index (χ3v) is 3.96. The number of nitro benzene ring substituents is 1. The summed E-state index contributed by atoms with van der Waals surface area (Å²) in [5, 5.41) is 15.4. The fourth-order valence-electron chi connectivity index (χ4n) is 2.80. The SMILES string of the molecule is O=C(N1N=C(c2ccccc2[N+](=O)[O-])CC1c1ccccc1)C(F)(F)F. The number of rotatable bonds is 3. The zero-order valence-electron chi connectivity index (χ0n) is 13.2. The molecule has 0 saturated heterocycles. The lowest BCUT2D eigenvalue weighted by Gasteiger charge is -2.22. The Morgan fingerprint density at radius 1 is 1.12 bits per heavy atom. The summed E-state index contributed by atoms with van der Waals surface area (Å²) >= 11 is 0. The number of benzene rings is 2. The summed E-state index contributed by atoms with van der Waals surface area (Å²) in [4.78, 5) is 22.4. The summed E-state index contributed by atoms with van der Waals surface area (Å²) in [6, 6.07) is 12.8. The summed E-state index contributed by atoms with van der Waals surface area (Å²) in [6.07, 6.45) is -5.16. The van der Waals surface area contributed by atoms with Gasteiger partial charge in [0.15, 0.2) is 0 Å². The van der Waals surface area contributed by atoms with Crippen molar-refractivity contribution >= 4 is 17.3 Å². The molecule has 9 heteroatoms. The van der Waals surface area contributed by atoms with Crippen molar-refractivity contribution in [1.29, 1.82) is 0 Å². The molecule has 1 atom stereocenters. The van der Waals surface area contributed by atoms with Crippen LogP contribution < -0.4 is 0 Å². The van der Waals surface area contributed by atoms with E-state index in [9.17, 15) is 28.1 Å². The van der Waals surface area contributed by atoms with Gasteiger partial charge in [0.05, 0.1) is 22.2 Å². The highest BCUT2D eigenvalue weighted by Crippen LogP contribution is 2.37. The molecule has 0 spiro atoms. The zero-order valence-corrected chi connectivity index (χ0v) is 13.2. The molecule has 1 aliphatic heterocycles. The second-order valence-corrected chi connectivity index (χ2v) is 5.60. The van der Waals surface area contributed by atoms with Gasteiger partial charge >= 0.3 is 12.1 Å². The molecule has 6 nitrogen and oxygen atoms in total. The summed E-state index contributed by atoms with van der Waals surface area (Å²) in [7, 11) is 0. The zero-order chi connectivity index (χ0) is 18.9. The summed E-state index contributed by atoms with van der Waals surface area (Å²) < 4.78 is 38.9. The lowest BCUT2D eigenvalue weighted by atomic mass is 9.97. The van der Waals surface area contributed by atoms with Gasteiger partial charge in [0.1, 0.15) is 0 Å². The summed E-state index contributed by atoms with van der Waals surface area (Å²) in [5.74, 6) is -2.11. The van der Waals surface area contributed by atoms with E-state index in [2.05, 4.69) is 5.10 Å². The van der Waals surface area contributed by atoms with E-state index in [1.165, 1.54) is 24.3 Å². The van der Waals surface area contributed by atoms with Crippen molar-refractivity contribution in [2.75, 3.05) is 0 Å². The Bertz CT molecular complexity index is 882. The number of hydrazone groups is 1. The fraction of sp³-hybridized carbons (Fsp3) is 0.176. The van der Waals surface area contributed by atoms with E-state index in [4.69, 9.17) is 0 Å². The van der Waals surface area contributed by atoms with Gasteiger partial charge in [-0.25, -0.2) is 5.01 Å². The predicted octanol–water partition coefficient (Wildman–Crippen LogP) is 3.83. The van der Waals surface area contributed by atoms with Gasteiger partial charge in [-0.1, -0.05) is 42.5 Å². The predicted molar refractivity (Wildman–Crippen MR) is 86.3 cm³/mol. The molecule has 1 unspecified atom stereocenters. The van der Waals surface area contributed by atoms with Crippen LogP contribution in [0.25, 0.3) is 0 Å². The molecule has 1 heterocycles. The van der Waals surface area contributed by atoms with Crippen LogP contribution in [-0.4, -0.2) is 27.7 Å². The van der Waals surface area contributed by atoms with Crippen molar-refractivity contribution in [3.8, 4) is 0 Å². The average Bonchev–Trinajstić information content (AvgIpc) is 3.06. The molecule has 1 aliphatic rings. The lowest BCUT2D eigenvalue weighted by Crippen LogP contribution is -2.38. The maximum atomic E-state index is 13.0. The Hall–Kier alpha value is -3.23. The quantitative estimate of drug-likeness (QED) is 0.614. The molecular weight excluding hydrogens is 351 g/mol. The van der Waals surface area contributed by atoms with Gasteiger partial charge in [-0.3, -0.25) is 14.9 Å². The van der Waals surface area contributed by atoms with Crippen LogP contribution in [0, 0.1) is 10.1 Å². The van der Waals surface area contributed by atoms with E-state index >= 15 is 0 Å². The van der Waals surface area contributed by atoms with Crippen LogP contribution in [0.3, 0.4) is 0 Å².